The van der Waals surface area contributed by atoms with Crippen molar-refractivity contribution in [1.29, 1.82) is 0 Å². The first kappa shape index (κ1) is 29.1. The fourth-order valence-electron chi connectivity index (χ4n) is 7.44. The van der Waals surface area contributed by atoms with Crippen LogP contribution in [0.3, 0.4) is 0 Å². The molecule has 3 nitrogen and oxygen atoms in total. The molecule has 0 aliphatic rings. The molecule has 0 saturated carbocycles. The third-order valence-corrected chi connectivity index (χ3v) is 9.90. The molecule has 0 fully saturated rings. The Morgan fingerprint density at radius 3 is 1.67 bits per heavy atom. The van der Waals surface area contributed by atoms with Gasteiger partial charge >= 0.3 is 0 Å². The number of para-hydroxylation sites is 3. The number of hydrogen-bond donors (Lipinski definition) is 0. The SMILES string of the molecule is c1ccc(-c2ccc(-c3ccccc3N(c3ccc(-c4ccc5oc6ccccc6c5c4)cc3)c3cccc4oc5ccccc5c34)cc2)cc1. The first-order valence-electron chi connectivity index (χ1n) is 17.3. The van der Waals surface area contributed by atoms with Gasteiger partial charge in [-0.2, -0.15) is 0 Å². The molecule has 240 valence electrons. The van der Waals surface area contributed by atoms with E-state index in [0.717, 1.165) is 83.2 Å². The molecule has 10 aromatic rings. The molecule has 10 rings (SSSR count). The summed E-state index contributed by atoms with van der Waals surface area (Å²) in [6.07, 6.45) is 0. The summed E-state index contributed by atoms with van der Waals surface area (Å²) in [6.45, 7) is 0. The highest BCUT2D eigenvalue weighted by atomic mass is 16.3. The zero-order chi connectivity index (χ0) is 33.7. The van der Waals surface area contributed by atoms with Gasteiger partial charge in [-0.25, -0.2) is 0 Å². The van der Waals surface area contributed by atoms with Gasteiger partial charge in [-0.1, -0.05) is 133 Å². The van der Waals surface area contributed by atoms with Crippen molar-refractivity contribution in [3.8, 4) is 33.4 Å². The molecule has 8 aromatic carbocycles. The number of fused-ring (bicyclic) bond motifs is 6. The molecule has 0 amide bonds. The molecule has 0 bridgehead atoms. The van der Waals surface area contributed by atoms with Gasteiger partial charge < -0.3 is 13.7 Å². The maximum Gasteiger partial charge on any atom is 0.137 e. The Hall–Kier alpha value is -6.84. The van der Waals surface area contributed by atoms with Crippen molar-refractivity contribution in [2.24, 2.45) is 0 Å². The number of anilines is 3. The van der Waals surface area contributed by atoms with Crippen molar-refractivity contribution < 1.29 is 8.83 Å². The maximum absolute atomic E-state index is 6.39. The second-order valence-electron chi connectivity index (χ2n) is 12.9. The van der Waals surface area contributed by atoms with Crippen LogP contribution in [0, 0.1) is 0 Å². The summed E-state index contributed by atoms with van der Waals surface area (Å²) in [7, 11) is 0. The first-order chi connectivity index (χ1) is 25.3. The third-order valence-electron chi connectivity index (χ3n) is 9.90. The van der Waals surface area contributed by atoms with E-state index in [0.29, 0.717) is 0 Å². The molecule has 0 radical (unpaired) electrons. The van der Waals surface area contributed by atoms with Crippen molar-refractivity contribution in [1.82, 2.24) is 0 Å². The van der Waals surface area contributed by atoms with E-state index in [4.69, 9.17) is 8.83 Å². The molecule has 0 unspecified atom stereocenters. The van der Waals surface area contributed by atoms with E-state index < -0.39 is 0 Å². The molecule has 3 heteroatoms. The first-order valence-corrected chi connectivity index (χ1v) is 17.3. The van der Waals surface area contributed by atoms with Crippen LogP contribution in [0.2, 0.25) is 0 Å². The summed E-state index contributed by atoms with van der Waals surface area (Å²) >= 11 is 0. The normalized spacial score (nSPS) is 11.5. The molecule has 0 aliphatic heterocycles. The lowest BCUT2D eigenvalue weighted by Gasteiger charge is -2.28. The van der Waals surface area contributed by atoms with E-state index in [9.17, 15) is 0 Å². The molecule has 0 spiro atoms. The minimum atomic E-state index is 0.862. The van der Waals surface area contributed by atoms with E-state index in [-0.39, 0.29) is 0 Å². The Morgan fingerprint density at radius 1 is 0.314 bits per heavy atom. The highest BCUT2D eigenvalue weighted by Crippen LogP contribution is 2.46. The molecule has 2 aromatic heterocycles. The van der Waals surface area contributed by atoms with Crippen LogP contribution in [-0.2, 0) is 0 Å². The number of furan rings is 2. The van der Waals surface area contributed by atoms with Crippen LogP contribution >= 0.6 is 0 Å². The lowest BCUT2D eigenvalue weighted by Crippen LogP contribution is -2.11. The van der Waals surface area contributed by atoms with Crippen LogP contribution in [0.1, 0.15) is 0 Å². The lowest BCUT2D eigenvalue weighted by atomic mass is 9.97. The minimum absolute atomic E-state index is 0.862. The third kappa shape index (κ3) is 4.98. The van der Waals surface area contributed by atoms with E-state index in [1.54, 1.807) is 0 Å². The number of rotatable bonds is 6. The largest absolute Gasteiger partial charge is 0.456 e. The molecule has 0 N–H and O–H groups in total. The molecule has 0 aliphatic carbocycles. The highest BCUT2D eigenvalue weighted by Gasteiger charge is 2.22. The van der Waals surface area contributed by atoms with Crippen molar-refractivity contribution in [3.63, 3.8) is 0 Å². The summed E-state index contributed by atoms with van der Waals surface area (Å²) in [5.41, 5.74) is 13.7. The van der Waals surface area contributed by atoms with Crippen molar-refractivity contribution >= 4 is 60.9 Å². The van der Waals surface area contributed by atoms with Gasteiger partial charge in [-0.15, -0.1) is 0 Å². The quantitative estimate of drug-likeness (QED) is 0.179. The monoisotopic (exact) mass is 653 g/mol. The van der Waals surface area contributed by atoms with E-state index in [1.165, 1.54) is 11.1 Å². The van der Waals surface area contributed by atoms with Gasteiger partial charge in [0.2, 0.25) is 0 Å². The number of benzene rings is 8. The number of hydrogen-bond acceptors (Lipinski definition) is 3. The molecule has 0 atom stereocenters. The summed E-state index contributed by atoms with van der Waals surface area (Å²) in [4.78, 5) is 2.38. The Kier molecular flexibility index (Phi) is 6.81. The van der Waals surface area contributed by atoms with E-state index in [2.05, 4.69) is 169 Å². The van der Waals surface area contributed by atoms with Crippen molar-refractivity contribution in [3.05, 3.63) is 188 Å². The van der Waals surface area contributed by atoms with Crippen LogP contribution in [0.15, 0.2) is 197 Å². The molecule has 2 heterocycles. The summed E-state index contributed by atoms with van der Waals surface area (Å²) in [5, 5.41) is 4.43. The minimum Gasteiger partial charge on any atom is -0.456 e. The lowest BCUT2D eigenvalue weighted by molar-refractivity contribution is 0.668. The standard InChI is InChI=1S/C48H31NO2/c1-2-11-32(12-3-1)33-21-23-35(24-22-33)38-13-4-7-16-42(38)49(43-17-10-20-47-48(43)40-15-6-9-19-45(40)51-47)37-28-25-34(26-29-37)36-27-30-46-41(31-36)39-14-5-8-18-44(39)50-46/h1-31H. The molecule has 0 saturated heterocycles. The zero-order valence-electron chi connectivity index (χ0n) is 27.7. The maximum atomic E-state index is 6.39. The predicted octanol–water partition coefficient (Wildman–Crippen LogP) is 14.0. The Bertz CT molecular complexity index is 2840. The summed E-state index contributed by atoms with van der Waals surface area (Å²) in [6, 6.07) is 66.3. The van der Waals surface area contributed by atoms with E-state index >= 15 is 0 Å². The second-order valence-corrected chi connectivity index (χ2v) is 12.9. The van der Waals surface area contributed by atoms with Gasteiger partial charge in [-0.05, 0) is 82.4 Å². The molecular formula is C48H31NO2. The summed E-state index contributed by atoms with van der Waals surface area (Å²) < 4.78 is 12.5. The van der Waals surface area contributed by atoms with Gasteiger partial charge in [0.15, 0.2) is 0 Å². The molecular weight excluding hydrogens is 623 g/mol. The van der Waals surface area contributed by atoms with Crippen LogP contribution < -0.4 is 4.90 Å². The average Bonchev–Trinajstić information content (AvgIpc) is 3.78. The van der Waals surface area contributed by atoms with Crippen LogP contribution in [0.4, 0.5) is 17.1 Å². The van der Waals surface area contributed by atoms with Gasteiger partial charge in [0.25, 0.3) is 0 Å². The van der Waals surface area contributed by atoms with Gasteiger partial charge in [0.1, 0.15) is 22.3 Å². The second kappa shape index (κ2) is 11.9. The zero-order valence-corrected chi connectivity index (χ0v) is 27.7. The Morgan fingerprint density at radius 2 is 0.843 bits per heavy atom. The fraction of sp³-hybridized carbons (Fsp3) is 0. The summed E-state index contributed by atoms with van der Waals surface area (Å²) in [5.74, 6) is 0. The van der Waals surface area contributed by atoms with Gasteiger partial charge in [0.05, 0.1) is 16.8 Å². The number of nitrogens with zero attached hydrogens (tertiary/aromatic N) is 1. The topological polar surface area (TPSA) is 29.5 Å². The smallest absolute Gasteiger partial charge is 0.137 e. The fourth-order valence-corrected chi connectivity index (χ4v) is 7.44. The Labute approximate surface area is 295 Å². The van der Waals surface area contributed by atoms with Crippen LogP contribution in [0.5, 0.6) is 0 Å². The van der Waals surface area contributed by atoms with Crippen molar-refractivity contribution in [2.45, 2.75) is 0 Å². The van der Waals surface area contributed by atoms with Crippen molar-refractivity contribution in [2.75, 3.05) is 4.90 Å². The van der Waals surface area contributed by atoms with E-state index in [1.807, 2.05) is 24.3 Å². The van der Waals surface area contributed by atoms with Gasteiger partial charge in [-0.3, -0.25) is 0 Å². The Balaban J connectivity index is 1.13. The molecule has 51 heavy (non-hydrogen) atoms. The predicted molar refractivity (Wildman–Crippen MR) is 212 cm³/mol. The van der Waals surface area contributed by atoms with Crippen LogP contribution in [-0.4, -0.2) is 0 Å². The average molecular weight is 654 g/mol. The van der Waals surface area contributed by atoms with Crippen LogP contribution in [0.25, 0.3) is 77.3 Å². The van der Waals surface area contributed by atoms with Gasteiger partial charge in [0, 0.05) is 27.4 Å². The highest BCUT2D eigenvalue weighted by molar-refractivity contribution is 6.14.